The van der Waals surface area contributed by atoms with Gasteiger partial charge in [-0.3, -0.25) is 0 Å². The van der Waals surface area contributed by atoms with E-state index in [4.69, 9.17) is 10.2 Å². The van der Waals surface area contributed by atoms with Crippen LogP contribution in [0.15, 0.2) is 18.2 Å². The highest BCUT2D eigenvalue weighted by molar-refractivity contribution is 5.64. The summed E-state index contributed by atoms with van der Waals surface area (Å²) in [6, 6.07) is 2.44. The summed E-state index contributed by atoms with van der Waals surface area (Å²) in [5.74, 6) is -1.52. The molecular weight excluding hydrogens is 220 g/mol. The monoisotopic (exact) mass is 231 g/mol. The molecule has 1 amide bonds. The minimum absolute atomic E-state index is 0.235. The largest absolute Gasteiger partial charge is 0.465 e. The summed E-state index contributed by atoms with van der Waals surface area (Å²) in [7, 11) is 0. The Kier molecular flexibility index (Phi) is 4.19. The van der Waals surface area contributed by atoms with Crippen LogP contribution in [0.5, 0.6) is 0 Å². The van der Waals surface area contributed by atoms with Crippen molar-refractivity contribution in [2.24, 2.45) is 0 Å². The molecule has 0 bridgehead atoms. The summed E-state index contributed by atoms with van der Waals surface area (Å²) in [5.41, 5.74) is -0.240. The standard InChI is InChI=1S/C10H11F2NO3/c11-8-2-1-3-9(12)7(8)4-6(5-14)13-10(15)16/h1-3,6,13-14H,4-5H2,(H,15,16)/t6-/m0/s1. The molecule has 0 saturated carbocycles. The van der Waals surface area contributed by atoms with E-state index in [2.05, 4.69) is 0 Å². The van der Waals surface area contributed by atoms with Gasteiger partial charge in [-0.25, -0.2) is 13.6 Å². The number of rotatable bonds is 4. The third-order valence-electron chi connectivity index (χ3n) is 2.06. The zero-order chi connectivity index (χ0) is 12.1. The summed E-state index contributed by atoms with van der Waals surface area (Å²) >= 11 is 0. The number of carboxylic acid groups (broad SMARTS) is 1. The topological polar surface area (TPSA) is 69.6 Å². The lowest BCUT2D eigenvalue weighted by Crippen LogP contribution is -2.38. The normalized spacial score (nSPS) is 12.2. The van der Waals surface area contributed by atoms with Gasteiger partial charge in [0.15, 0.2) is 0 Å². The Morgan fingerprint density at radius 2 is 1.94 bits per heavy atom. The van der Waals surface area contributed by atoms with Gasteiger partial charge in [0.1, 0.15) is 11.6 Å². The van der Waals surface area contributed by atoms with E-state index in [9.17, 15) is 13.6 Å². The van der Waals surface area contributed by atoms with Crippen molar-refractivity contribution < 1.29 is 23.8 Å². The van der Waals surface area contributed by atoms with Crippen molar-refractivity contribution in [3.63, 3.8) is 0 Å². The molecule has 1 rings (SSSR count). The number of hydrogen-bond donors (Lipinski definition) is 3. The molecule has 0 unspecified atom stereocenters. The summed E-state index contributed by atoms with van der Waals surface area (Å²) < 4.78 is 26.4. The Labute approximate surface area is 90.5 Å². The average Bonchev–Trinajstić information content (AvgIpc) is 2.21. The third kappa shape index (κ3) is 3.16. The Hall–Kier alpha value is -1.69. The van der Waals surface area contributed by atoms with Gasteiger partial charge in [-0.2, -0.15) is 0 Å². The first kappa shape index (κ1) is 12.4. The van der Waals surface area contributed by atoms with Crippen LogP contribution in [0.2, 0.25) is 0 Å². The molecule has 6 heteroatoms. The summed E-state index contributed by atoms with van der Waals surface area (Å²) in [6.45, 7) is -0.528. The second-order valence-electron chi connectivity index (χ2n) is 3.23. The van der Waals surface area contributed by atoms with E-state index in [1.54, 1.807) is 0 Å². The van der Waals surface area contributed by atoms with E-state index in [0.717, 1.165) is 12.1 Å². The zero-order valence-electron chi connectivity index (χ0n) is 8.28. The zero-order valence-corrected chi connectivity index (χ0v) is 8.28. The molecular formula is C10H11F2NO3. The first-order chi connectivity index (χ1) is 7.54. The lowest BCUT2D eigenvalue weighted by Gasteiger charge is -2.14. The van der Waals surface area contributed by atoms with Gasteiger partial charge in [0.05, 0.1) is 12.6 Å². The van der Waals surface area contributed by atoms with E-state index < -0.39 is 30.4 Å². The number of nitrogens with one attached hydrogen (secondary N) is 1. The lowest BCUT2D eigenvalue weighted by molar-refractivity contribution is 0.177. The van der Waals surface area contributed by atoms with E-state index in [1.165, 1.54) is 6.07 Å². The molecule has 0 heterocycles. The molecule has 0 aliphatic carbocycles. The number of aliphatic hydroxyl groups is 1. The highest BCUT2D eigenvalue weighted by Gasteiger charge is 2.16. The van der Waals surface area contributed by atoms with Crippen molar-refractivity contribution in [2.45, 2.75) is 12.5 Å². The predicted molar refractivity (Wildman–Crippen MR) is 52.1 cm³/mol. The van der Waals surface area contributed by atoms with Gasteiger partial charge in [0, 0.05) is 12.0 Å². The van der Waals surface area contributed by atoms with Crippen LogP contribution in [-0.4, -0.2) is 29.0 Å². The number of benzene rings is 1. The molecule has 0 fully saturated rings. The summed E-state index contributed by atoms with van der Waals surface area (Å²) in [6.07, 6.45) is -1.59. The number of hydrogen-bond acceptors (Lipinski definition) is 2. The number of aliphatic hydroxyl groups excluding tert-OH is 1. The molecule has 16 heavy (non-hydrogen) atoms. The van der Waals surface area contributed by atoms with Crippen molar-refractivity contribution in [3.8, 4) is 0 Å². The molecule has 0 spiro atoms. The minimum Gasteiger partial charge on any atom is -0.465 e. The van der Waals surface area contributed by atoms with Crippen LogP contribution >= 0.6 is 0 Å². The fraction of sp³-hybridized carbons (Fsp3) is 0.300. The van der Waals surface area contributed by atoms with E-state index in [1.807, 2.05) is 5.32 Å². The summed E-state index contributed by atoms with van der Waals surface area (Å²) in [4.78, 5) is 10.3. The Morgan fingerprint density at radius 3 is 2.38 bits per heavy atom. The molecule has 0 aromatic heterocycles. The molecule has 0 radical (unpaired) electrons. The van der Waals surface area contributed by atoms with Crippen LogP contribution in [0.4, 0.5) is 13.6 Å². The van der Waals surface area contributed by atoms with Gasteiger partial charge in [-0.05, 0) is 12.1 Å². The SMILES string of the molecule is O=C(O)N[C@H](CO)Cc1c(F)cccc1F. The Bertz CT molecular complexity index is 364. The molecule has 88 valence electrons. The summed E-state index contributed by atoms with van der Waals surface area (Å²) in [5, 5.41) is 19.2. The Balaban J connectivity index is 2.81. The maximum absolute atomic E-state index is 13.2. The van der Waals surface area contributed by atoms with Crippen LogP contribution in [0.3, 0.4) is 0 Å². The van der Waals surface area contributed by atoms with Gasteiger partial charge in [-0.15, -0.1) is 0 Å². The van der Waals surface area contributed by atoms with Crippen LogP contribution in [0, 0.1) is 11.6 Å². The van der Waals surface area contributed by atoms with E-state index in [0.29, 0.717) is 0 Å². The Morgan fingerprint density at radius 1 is 1.38 bits per heavy atom. The highest BCUT2D eigenvalue weighted by atomic mass is 19.1. The highest BCUT2D eigenvalue weighted by Crippen LogP contribution is 2.14. The smallest absolute Gasteiger partial charge is 0.404 e. The average molecular weight is 231 g/mol. The second-order valence-corrected chi connectivity index (χ2v) is 3.23. The van der Waals surface area contributed by atoms with Gasteiger partial charge in [-0.1, -0.05) is 6.07 Å². The molecule has 0 aliphatic rings. The second kappa shape index (κ2) is 5.41. The molecule has 0 saturated heterocycles. The van der Waals surface area contributed by atoms with Crippen molar-refractivity contribution >= 4 is 6.09 Å². The number of halogens is 2. The first-order valence-corrected chi connectivity index (χ1v) is 4.57. The van der Waals surface area contributed by atoms with Crippen LogP contribution in [0.25, 0.3) is 0 Å². The number of carbonyl (C=O) groups is 1. The van der Waals surface area contributed by atoms with Crippen molar-refractivity contribution in [1.29, 1.82) is 0 Å². The van der Waals surface area contributed by atoms with Crippen molar-refractivity contribution in [1.82, 2.24) is 5.32 Å². The minimum atomic E-state index is -1.35. The fourth-order valence-electron chi connectivity index (χ4n) is 1.31. The quantitative estimate of drug-likeness (QED) is 0.727. The number of amides is 1. The van der Waals surface area contributed by atoms with Crippen LogP contribution in [-0.2, 0) is 6.42 Å². The van der Waals surface area contributed by atoms with Crippen LogP contribution < -0.4 is 5.32 Å². The van der Waals surface area contributed by atoms with Crippen molar-refractivity contribution in [2.75, 3.05) is 6.61 Å². The predicted octanol–water partition coefficient (Wildman–Crippen LogP) is 1.14. The van der Waals surface area contributed by atoms with Gasteiger partial charge < -0.3 is 15.5 Å². The van der Waals surface area contributed by atoms with Gasteiger partial charge in [0.2, 0.25) is 0 Å². The fourth-order valence-corrected chi connectivity index (χ4v) is 1.31. The van der Waals surface area contributed by atoms with E-state index in [-0.39, 0.29) is 12.0 Å². The van der Waals surface area contributed by atoms with Crippen molar-refractivity contribution in [3.05, 3.63) is 35.4 Å². The molecule has 1 aromatic rings. The maximum Gasteiger partial charge on any atom is 0.404 e. The first-order valence-electron chi connectivity index (χ1n) is 4.57. The van der Waals surface area contributed by atoms with E-state index >= 15 is 0 Å². The van der Waals surface area contributed by atoms with Crippen LogP contribution in [0.1, 0.15) is 5.56 Å². The molecule has 1 atom stereocenters. The molecule has 4 nitrogen and oxygen atoms in total. The van der Waals surface area contributed by atoms with Gasteiger partial charge >= 0.3 is 6.09 Å². The van der Waals surface area contributed by atoms with Gasteiger partial charge in [0.25, 0.3) is 0 Å². The molecule has 0 aliphatic heterocycles. The molecule has 3 N–H and O–H groups in total. The lowest BCUT2D eigenvalue weighted by atomic mass is 10.1. The maximum atomic E-state index is 13.2. The third-order valence-corrected chi connectivity index (χ3v) is 2.06. The molecule has 1 aromatic carbocycles.